The predicted molar refractivity (Wildman–Crippen MR) is 71.7 cm³/mol. The maximum Gasteiger partial charge on any atom is 0.164 e. The summed E-state index contributed by atoms with van der Waals surface area (Å²) in [6, 6.07) is 4.03. The van der Waals surface area contributed by atoms with Crippen molar-refractivity contribution in [3.05, 3.63) is 35.4 Å². The first-order valence-corrected chi connectivity index (χ1v) is 7.13. The Balaban J connectivity index is 2.20. The van der Waals surface area contributed by atoms with Gasteiger partial charge in [0.25, 0.3) is 0 Å². The third-order valence-corrected chi connectivity index (χ3v) is 4.72. The lowest BCUT2D eigenvalue weighted by atomic mass is 9.71. The second-order valence-corrected chi connectivity index (χ2v) is 5.87. The molecule has 3 heteroatoms. The van der Waals surface area contributed by atoms with Crippen molar-refractivity contribution < 1.29 is 13.9 Å². The lowest BCUT2D eigenvalue weighted by Gasteiger charge is -2.38. The van der Waals surface area contributed by atoms with Crippen molar-refractivity contribution in [2.24, 2.45) is 11.8 Å². The molecule has 0 aromatic heterocycles. The van der Waals surface area contributed by atoms with Crippen LogP contribution in [0.1, 0.15) is 51.5 Å². The number of aliphatic hydroxyl groups is 1. The van der Waals surface area contributed by atoms with E-state index in [1.807, 2.05) is 0 Å². The van der Waals surface area contributed by atoms with Crippen LogP contribution in [0.3, 0.4) is 0 Å². The largest absolute Gasteiger partial charge is 0.385 e. The molecular weight excluding hydrogens is 246 g/mol. The summed E-state index contributed by atoms with van der Waals surface area (Å²) in [4.78, 5) is 0. The van der Waals surface area contributed by atoms with Gasteiger partial charge in [0.1, 0.15) is 0 Å². The SMILES string of the molecule is CCC1CCC(C(C)(O)c2cccc(F)c2F)CC1. The molecule has 1 aromatic carbocycles. The molecule has 0 heterocycles. The number of halogens is 2. The molecule has 0 bridgehead atoms. The first kappa shape index (κ1) is 14.4. The lowest BCUT2D eigenvalue weighted by Crippen LogP contribution is -2.35. The summed E-state index contributed by atoms with van der Waals surface area (Å²) in [5, 5.41) is 10.7. The average molecular weight is 268 g/mol. The van der Waals surface area contributed by atoms with Gasteiger partial charge in [-0.05, 0) is 37.7 Å². The minimum atomic E-state index is -1.29. The molecule has 1 fully saturated rings. The Labute approximate surface area is 113 Å². The standard InChI is InChI=1S/C16H22F2O/c1-3-11-7-9-12(10-8-11)16(2,19)13-5-4-6-14(17)15(13)18/h4-6,11-12,19H,3,7-10H2,1-2H3. The fraction of sp³-hybridized carbons (Fsp3) is 0.625. The van der Waals surface area contributed by atoms with Crippen LogP contribution >= 0.6 is 0 Å². The zero-order valence-corrected chi connectivity index (χ0v) is 11.6. The van der Waals surface area contributed by atoms with Crippen molar-refractivity contribution in [3.63, 3.8) is 0 Å². The van der Waals surface area contributed by atoms with Gasteiger partial charge in [-0.1, -0.05) is 38.3 Å². The molecule has 0 radical (unpaired) electrons. The maximum atomic E-state index is 13.9. The van der Waals surface area contributed by atoms with Crippen LogP contribution < -0.4 is 0 Å². The summed E-state index contributed by atoms with van der Waals surface area (Å²) < 4.78 is 27.2. The molecule has 0 aliphatic heterocycles. The van der Waals surface area contributed by atoms with E-state index in [-0.39, 0.29) is 11.5 Å². The second kappa shape index (κ2) is 5.58. The zero-order valence-electron chi connectivity index (χ0n) is 11.6. The van der Waals surface area contributed by atoms with E-state index >= 15 is 0 Å². The van der Waals surface area contributed by atoms with Gasteiger partial charge in [0.05, 0.1) is 5.60 Å². The third kappa shape index (κ3) is 2.81. The van der Waals surface area contributed by atoms with E-state index in [4.69, 9.17) is 0 Å². The van der Waals surface area contributed by atoms with Crippen LogP contribution in [0.15, 0.2) is 18.2 Å². The molecule has 1 N–H and O–H groups in total. The quantitative estimate of drug-likeness (QED) is 0.862. The fourth-order valence-electron chi connectivity index (χ4n) is 3.25. The Morgan fingerprint density at radius 3 is 2.42 bits per heavy atom. The third-order valence-electron chi connectivity index (χ3n) is 4.72. The predicted octanol–water partition coefficient (Wildman–Crippen LogP) is 4.39. The van der Waals surface area contributed by atoms with E-state index in [0.717, 1.165) is 38.2 Å². The van der Waals surface area contributed by atoms with Crippen LogP contribution in [0, 0.1) is 23.5 Å². The van der Waals surface area contributed by atoms with Gasteiger partial charge in [-0.15, -0.1) is 0 Å². The first-order valence-electron chi connectivity index (χ1n) is 7.13. The molecule has 1 atom stereocenters. The van der Waals surface area contributed by atoms with Crippen molar-refractivity contribution in [1.29, 1.82) is 0 Å². The van der Waals surface area contributed by atoms with Crippen LogP contribution in [-0.2, 0) is 5.60 Å². The van der Waals surface area contributed by atoms with Crippen LogP contribution in [0.2, 0.25) is 0 Å². The van der Waals surface area contributed by atoms with Gasteiger partial charge in [-0.25, -0.2) is 8.78 Å². The Hall–Kier alpha value is -0.960. The second-order valence-electron chi connectivity index (χ2n) is 5.87. The highest BCUT2D eigenvalue weighted by Crippen LogP contribution is 2.42. The highest BCUT2D eigenvalue weighted by molar-refractivity contribution is 5.25. The molecule has 1 unspecified atom stereocenters. The van der Waals surface area contributed by atoms with Crippen molar-refractivity contribution in [2.45, 2.75) is 51.6 Å². The molecule has 2 rings (SSSR count). The van der Waals surface area contributed by atoms with Gasteiger partial charge in [0.15, 0.2) is 11.6 Å². The molecule has 1 aromatic rings. The Bertz CT molecular complexity index is 434. The van der Waals surface area contributed by atoms with E-state index in [1.54, 1.807) is 6.92 Å². The van der Waals surface area contributed by atoms with E-state index in [2.05, 4.69) is 6.92 Å². The smallest absolute Gasteiger partial charge is 0.164 e. The molecule has 1 aliphatic rings. The van der Waals surface area contributed by atoms with Crippen LogP contribution in [0.5, 0.6) is 0 Å². The molecule has 1 aliphatic carbocycles. The van der Waals surface area contributed by atoms with Crippen molar-refractivity contribution in [3.8, 4) is 0 Å². The van der Waals surface area contributed by atoms with E-state index in [9.17, 15) is 13.9 Å². The average Bonchev–Trinajstić information content (AvgIpc) is 2.41. The van der Waals surface area contributed by atoms with Gasteiger partial charge in [-0.2, -0.15) is 0 Å². The summed E-state index contributed by atoms with van der Waals surface area (Å²) in [5.41, 5.74) is -1.20. The van der Waals surface area contributed by atoms with Gasteiger partial charge < -0.3 is 5.11 Å². The zero-order chi connectivity index (χ0) is 14.0. The highest BCUT2D eigenvalue weighted by Gasteiger charge is 2.38. The molecule has 0 spiro atoms. The maximum absolute atomic E-state index is 13.9. The fourth-order valence-corrected chi connectivity index (χ4v) is 3.25. The summed E-state index contributed by atoms with van der Waals surface area (Å²) in [6.45, 7) is 3.79. The molecular formula is C16H22F2O. The van der Waals surface area contributed by atoms with Crippen molar-refractivity contribution in [2.75, 3.05) is 0 Å². The lowest BCUT2D eigenvalue weighted by molar-refractivity contribution is -0.0307. The number of rotatable bonds is 3. The summed E-state index contributed by atoms with van der Waals surface area (Å²) >= 11 is 0. The molecule has 0 saturated heterocycles. The Morgan fingerprint density at radius 2 is 1.84 bits per heavy atom. The highest BCUT2D eigenvalue weighted by atomic mass is 19.2. The summed E-state index contributed by atoms with van der Waals surface area (Å²) in [7, 11) is 0. The van der Waals surface area contributed by atoms with Gasteiger partial charge in [0.2, 0.25) is 0 Å². The molecule has 106 valence electrons. The van der Waals surface area contributed by atoms with Gasteiger partial charge >= 0.3 is 0 Å². The minimum absolute atomic E-state index is 0.00611. The summed E-state index contributed by atoms with van der Waals surface area (Å²) in [5.74, 6) is -1.08. The molecule has 19 heavy (non-hydrogen) atoms. The Kier molecular flexibility index (Phi) is 4.24. The van der Waals surface area contributed by atoms with Crippen LogP contribution in [0.25, 0.3) is 0 Å². The first-order chi connectivity index (χ1) is 8.96. The van der Waals surface area contributed by atoms with Gasteiger partial charge in [-0.3, -0.25) is 0 Å². The van der Waals surface area contributed by atoms with E-state index in [0.29, 0.717) is 5.92 Å². The van der Waals surface area contributed by atoms with E-state index in [1.165, 1.54) is 12.1 Å². The summed E-state index contributed by atoms with van der Waals surface area (Å²) in [6.07, 6.45) is 5.04. The molecule has 1 saturated carbocycles. The Morgan fingerprint density at radius 1 is 1.21 bits per heavy atom. The van der Waals surface area contributed by atoms with Crippen molar-refractivity contribution >= 4 is 0 Å². The topological polar surface area (TPSA) is 20.2 Å². The van der Waals surface area contributed by atoms with Crippen LogP contribution in [0.4, 0.5) is 8.78 Å². The normalized spacial score (nSPS) is 27.0. The number of hydrogen-bond donors (Lipinski definition) is 1. The molecule has 0 amide bonds. The van der Waals surface area contributed by atoms with E-state index < -0.39 is 17.2 Å². The number of hydrogen-bond acceptors (Lipinski definition) is 1. The van der Waals surface area contributed by atoms with Crippen molar-refractivity contribution in [1.82, 2.24) is 0 Å². The number of benzene rings is 1. The van der Waals surface area contributed by atoms with Crippen LogP contribution in [-0.4, -0.2) is 5.11 Å². The molecule has 1 nitrogen and oxygen atoms in total. The minimum Gasteiger partial charge on any atom is -0.385 e. The van der Waals surface area contributed by atoms with Gasteiger partial charge in [0, 0.05) is 5.56 Å². The monoisotopic (exact) mass is 268 g/mol.